The lowest BCUT2D eigenvalue weighted by Gasteiger charge is -2.08. The third kappa shape index (κ3) is 1.95. The van der Waals surface area contributed by atoms with Gasteiger partial charge in [0.25, 0.3) is 0 Å². The highest BCUT2D eigenvalue weighted by molar-refractivity contribution is 5.35. The van der Waals surface area contributed by atoms with Gasteiger partial charge in [0, 0.05) is 19.3 Å². The summed E-state index contributed by atoms with van der Waals surface area (Å²) in [5.74, 6) is 0.877. The summed E-state index contributed by atoms with van der Waals surface area (Å²) in [6.45, 7) is 2.07. The maximum absolute atomic E-state index is 5.83. The van der Waals surface area contributed by atoms with Gasteiger partial charge in [0.05, 0.1) is 0 Å². The second kappa shape index (κ2) is 4.07. The summed E-state index contributed by atoms with van der Waals surface area (Å²) >= 11 is 0. The van der Waals surface area contributed by atoms with Gasteiger partial charge in [0.2, 0.25) is 0 Å². The van der Waals surface area contributed by atoms with Gasteiger partial charge < -0.3 is 11.1 Å². The number of rotatable bonds is 3. The molecule has 0 saturated heterocycles. The minimum Gasteiger partial charge on any atom is -0.373 e. The van der Waals surface area contributed by atoms with Gasteiger partial charge in [0.1, 0.15) is 5.82 Å². The van der Waals surface area contributed by atoms with Crippen LogP contribution in [0.2, 0.25) is 0 Å². The molecule has 0 aliphatic rings. The van der Waals surface area contributed by atoms with Gasteiger partial charge in [-0.3, -0.25) is 0 Å². The minimum atomic E-state index is 0.114. The van der Waals surface area contributed by atoms with E-state index in [1.165, 1.54) is 0 Å². The number of nitrogens with one attached hydrogen (secondary N) is 1. The topological polar surface area (TPSA) is 50.9 Å². The molecule has 1 aromatic rings. The molecule has 0 unspecified atom stereocenters. The molecule has 0 fully saturated rings. The van der Waals surface area contributed by atoms with Gasteiger partial charge in [0.15, 0.2) is 0 Å². The van der Waals surface area contributed by atoms with Crippen molar-refractivity contribution in [2.45, 2.75) is 19.4 Å². The van der Waals surface area contributed by atoms with Crippen molar-refractivity contribution >= 4 is 5.82 Å². The molecule has 1 aromatic heterocycles. The Morgan fingerprint density at radius 3 is 2.75 bits per heavy atom. The Bertz CT molecular complexity index is 230. The average Bonchev–Trinajstić information content (AvgIpc) is 2.17. The van der Waals surface area contributed by atoms with Gasteiger partial charge in [-0.1, -0.05) is 13.0 Å². The maximum atomic E-state index is 5.83. The first-order valence-electron chi connectivity index (χ1n) is 4.17. The Kier molecular flexibility index (Phi) is 3.05. The van der Waals surface area contributed by atoms with E-state index in [0.29, 0.717) is 0 Å². The van der Waals surface area contributed by atoms with Crippen LogP contribution in [-0.2, 0) is 0 Å². The van der Waals surface area contributed by atoms with Gasteiger partial charge >= 0.3 is 0 Å². The molecule has 0 aromatic carbocycles. The van der Waals surface area contributed by atoms with Crippen LogP contribution in [0.25, 0.3) is 0 Å². The number of hydrogen-bond acceptors (Lipinski definition) is 3. The maximum Gasteiger partial charge on any atom is 0.125 e. The van der Waals surface area contributed by atoms with Gasteiger partial charge in [-0.05, 0) is 18.1 Å². The predicted octanol–water partition coefficient (Wildman–Crippen LogP) is 1.53. The molecule has 0 radical (unpaired) electrons. The fraction of sp³-hybridized carbons (Fsp3) is 0.444. The monoisotopic (exact) mass is 165 g/mol. The molecule has 0 amide bonds. The molecule has 1 heterocycles. The molecule has 12 heavy (non-hydrogen) atoms. The third-order valence-electron chi connectivity index (χ3n) is 1.91. The largest absolute Gasteiger partial charge is 0.373 e. The first-order valence-corrected chi connectivity index (χ1v) is 4.17. The number of nitrogens with two attached hydrogens (primary N) is 1. The molecular weight excluding hydrogens is 150 g/mol. The zero-order valence-electron chi connectivity index (χ0n) is 7.54. The Morgan fingerprint density at radius 1 is 1.58 bits per heavy atom. The number of aromatic nitrogens is 1. The van der Waals surface area contributed by atoms with E-state index in [0.717, 1.165) is 17.8 Å². The highest BCUT2D eigenvalue weighted by Crippen LogP contribution is 2.13. The first kappa shape index (κ1) is 9.00. The van der Waals surface area contributed by atoms with Crippen molar-refractivity contribution in [2.75, 3.05) is 12.4 Å². The zero-order valence-corrected chi connectivity index (χ0v) is 7.54. The molecule has 3 heteroatoms. The Balaban J connectivity index is 2.77. The molecule has 0 aliphatic heterocycles. The van der Waals surface area contributed by atoms with Crippen molar-refractivity contribution in [3.8, 4) is 0 Å². The number of hydrogen-bond donors (Lipinski definition) is 2. The lowest BCUT2D eigenvalue weighted by molar-refractivity contribution is 0.695. The van der Waals surface area contributed by atoms with Crippen LogP contribution in [0.1, 0.15) is 24.9 Å². The van der Waals surface area contributed by atoms with E-state index in [9.17, 15) is 0 Å². The summed E-state index contributed by atoms with van der Waals surface area (Å²) in [6, 6.07) is 4.06. The van der Waals surface area contributed by atoms with Crippen LogP contribution in [0.3, 0.4) is 0 Å². The van der Waals surface area contributed by atoms with Crippen molar-refractivity contribution in [3.05, 3.63) is 23.9 Å². The Labute approximate surface area is 73.0 Å². The normalized spacial score (nSPS) is 12.6. The zero-order chi connectivity index (χ0) is 8.97. The minimum absolute atomic E-state index is 0.114. The Morgan fingerprint density at radius 2 is 2.33 bits per heavy atom. The lowest BCUT2D eigenvalue weighted by Crippen LogP contribution is -2.08. The van der Waals surface area contributed by atoms with E-state index in [2.05, 4.69) is 17.2 Å². The molecular formula is C9H15N3. The first-order chi connectivity index (χ1) is 5.77. The van der Waals surface area contributed by atoms with Crippen molar-refractivity contribution < 1.29 is 0 Å². The molecule has 66 valence electrons. The second-order valence-electron chi connectivity index (χ2n) is 2.74. The summed E-state index contributed by atoms with van der Waals surface area (Å²) in [7, 11) is 1.85. The molecule has 0 aliphatic carbocycles. The number of nitrogens with zero attached hydrogens (tertiary/aromatic N) is 1. The Hall–Kier alpha value is -1.09. The summed E-state index contributed by atoms with van der Waals surface area (Å²) in [4.78, 5) is 4.18. The quantitative estimate of drug-likeness (QED) is 0.714. The van der Waals surface area contributed by atoms with Crippen LogP contribution in [0, 0.1) is 0 Å². The fourth-order valence-electron chi connectivity index (χ4n) is 1.01. The van der Waals surface area contributed by atoms with E-state index >= 15 is 0 Å². The van der Waals surface area contributed by atoms with Crippen molar-refractivity contribution in [1.82, 2.24) is 4.98 Å². The van der Waals surface area contributed by atoms with Crippen LogP contribution < -0.4 is 11.1 Å². The van der Waals surface area contributed by atoms with Crippen molar-refractivity contribution in [1.29, 1.82) is 0 Å². The smallest absolute Gasteiger partial charge is 0.125 e. The summed E-state index contributed by atoms with van der Waals surface area (Å²) < 4.78 is 0. The van der Waals surface area contributed by atoms with Crippen LogP contribution >= 0.6 is 0 Å². The molecule has 1 rings (SSSR count). The molecule has 1 atom stereocenters. The lowest BCUT2D eigenvalue weighted by atomic mass is 10.1. The van der Waals surface area contributed by atoms with Crippen LogP contribution in [-0.4, -0.2) is 12.0 Å². The summed E-state index contributed by atoms with van der Waals surface area (Å²) in [6.07, 6.45) is 2.76. The van der Waals surface area contributed by atoms with Crippen LogP contribution in [0.5, 0.6) is 0 Å². The molecule has 3 N–H and O–H groups in total. The number of anilines is 1. The fourth-order valence-corrected chi connectivity index (χ4v) is 1.01. The van der Waals surface area contributed by atoms with Gasteiger partial charge in [-0.2, -0.15) is 0 Å². The standard InChI is InChI=1S/C9H15N3/c1-3-8(10)7-4-5-9(11-2)12-6-7/h4-6,8H,3,10H2,1-2H3,(H,11,12)/t8-/m0/s1. The van der Waals surface area contributed by atoms with E-state index < -0.39 is 0 Å². The predicted molar refractivity (Wildman–Crippen MR) is 51.0 cm³/mol. The molecule has 3 nitrogen and oxygen atoms in total. The van der Waals surface area contributed by atoms with Gasteiger partial charge in [-0.25, -0.2) is 4.98 Å². The highest BCUT2D eigenvalue weighted by atomic mass is 14.9. The molecule has 0 saturated carbocycles. The van der Waals surface area contributed by atoms with Crippen molar-refractivity contribution in [2.24, 2.45) is 5.73 Å². The third-order valence-corrected chi connectivity index (χ3v) is 1.91. The summed E-state index contributed by atoms with van der Waals surface area (Å²) in [5, 5.41) is 2.96. The van der Waals surface area contributed by atoms with Crippen LogP contribution in [0.15, 0.2) is 18.3 Å². The SMILES string of the molecule is CC[C@H](N)c1ccc(NC)nc1. The van der Waals surface area contributed by atoms with E-state index in [1.807, 2.05) is 25.4 Å². The van der Waals surface area contributed by atoms with Gasteiger partial charge in [-0.15, -0.1) is 0 Å². The van der Waals surface area contributed by atoms with E-state index in [-0.39, 0.29) is 6.04 Å². The van der Waals surface area contributed by atoms with E-state index in [4.69, 9.17) is 5.73 Å². The van der Waals surface area contributed by atoms with E-state index in [1.54, 1.807) is 0 Å². The molecule has 0 spiro atoms. The average molecular weight is 165 g/mol. The van der Waals surface area contributed by atoms with Crippen LogP contribution in [0.4, 0.5) is 5.82 Å². The summed E-state index contributed by atoms with van der Waals surface area (Å²) in [5.41, 5.74) is 6.92. The van der Waals surface area contributed by atoms with Crippen molar-refractivity contribution in [3.63, 3.8) is 0 Å². The highest BCUT2D eigenvalue weighted by Gasteiger charge is 2.02. The molecule has 0 bridgehead atoms. The second-order valence-corrected chi connectivity index (χ2v) is 2.74. The number of pyridine rings is 1.